The third-order valence-electron chi connectivity index (χ3n) is 4.99. The van der Waals surface area contributed by atoms with E-state index in [9.17, 15) is 0 Å². The van der Waals surface area contributed by atoms with E-state index in [1.807, 2.05) is 11.8 Å². The lowest BCUT2D eigenvalue weighted by atomic mass is 10.2. The minimum atomic E-state index is -1.73. The van der Waals surface area contributed by atoms with E-state index in [1.54, 1.807) is 0 Å². The Bertz CT molecular complexity index is 873. The van der Waals surface area contributed by atoms with Crippen molar-refractivity contribution >= 4 is 34.9 Å². The summed E-state index contributed by atoms with van der Waals surface area (Å²) in [7, 11) is -1.73. The molecule has 0 spiro atoms. The van der Waals surface area contributed by atoms with Crippen LogP contribution in [0.4, 0.5) is 0 Å². The van der Waals surface area contributed by atoms with Crippen LogP contribution in [0.2, 0.25) is 0 Å². The molecule has 0 saturated heterocycles. The van der Waals surface area contributed by atoms with Gasteiger partial charge in [0.2, 0.25) is 0 Å². The van der Waals surface area contributed by atoms with Gasteiger partial charge in [-0.05, 0) is 42.0 Å². The first kappa shape index (κ1) is 19.0. The summed E-state index contributed by atoms with van der Waals surface area (Å²) >= 11 is 2.05. The predicted molar refractivity (Wildman–Crippen MR) is 128 cm³/mol. The van der Waals surface area contributed by atoms with Crippen molar-refractivity contribution in [3.63, 3.8) is 0 Å². The highest BCUT2D eigenvalue weighted by molar-refractivity contribution is 8.12. The van der Waals surface area contributed by atoms with Gasteiger partial charge in [-0.2, -0.15) is 0 Å². The van der Waals surface area contributed by atoms with Gasteiger partial charge in [-0.1, -0.05) is 84.9 Å². The summed E-state index contributed by atoms with van der Waals surface area (Å²) in [5, 5.41) is 4.36. The fourth-order valence-corrected chi connectivity index (χ4v) is 10.2. The molecule has 0 saturated carbocycles. The molecule has 2 heteroatoms. The van der Waals surface area contributed by atoms with Gasteiger partial charge in [-0.25, -0.2) is 0 Å². The molecule has 0 aliphatic heterocycles. The van der Waals surface area contributed by atoms with Crippen molar-refractivity contribution in [3.8, 4) is 0 Å². The molecule has 28 heavy (non-hydrogen) atoms. The average Bonchev–Trinajstić information content (AvgIpc) is 2.79. The molecular weight excluding hydrogens is 375 g/mol. The fourth-order valence-electron chi connectivity index (χ4n) is 3.59. The number of hydrogen-bond acceptors (Lipinski definition) is 1. The molecule has 4 rings (SSSR count). The first-order chi connectivity index (χ1) is 13.9. The smallest absolute Gasteiger partial charge is 0.115 e. The molecule has 0 nitrogen and oxygen atoms in total. The highest BCUT2D eigenvalue weighted by Crippen LogP contribution is 2.57. The molecule has 0 aliphatic rings. The molecule has 0 bridgehead atoms. The maximum atomic E-state index is 2.32. The van der Waals surface area contributed by atoms with E-state index < -0.39 is 7.26 Å². The Labute approximate surface area is 173 Å². The van der Waals surface area contributed by atoms with Gasteiger partial charge in [-0.3, -0.25) is 0 Å². The predicted octanol–water partition coefficient (Wildman–Crippen LogP) is 5.87. The van der Waals surface area contributed by atoms with Crippen molar-refractivity contribution in [1.29, 1.82) is 0 Å². The molecule has 0 amide bonds. The minimum Gasteiger partial charge on any atom is -0.115 e. The zero-order chi connectivity index (χ0) is 19.1. The molecule has 0 unspecified atom stereocenters. The van der Waals surface area contributed by atoms with Crippen molar-refractivity contribution < 1.29 is 0 Å². The van der Waals surface area contributed by atoms with Crippen molar-refractivity contribution in [2.75, 3.05) is 5.49 Å². The van der Waals surface area contributed by atoms with E-state index in [2.05, 4.69) is 121 Å². The molecule has 0 N–H and O–H groups in total. The third kappa shape index (κ3) is 4.07. The summed E-state index contributed by atoms with van der Waals surface area (Å²) in [5.41, 5.74) is 2.49. The quantitative estimate of drug-likeness (QED) is 0.350. The minimum absolute atomic E-state index is 1.04. The van der Waals surface area contributed by atoms with Gasteiger partial charge in [0.1, 0.15) is 28.7 Å². The Morgan fingerprint density at radius 2 is 0.821 bits per heavy atom. The molecule has 4 aromatic carbocycles. The molecule has 0 aliphatic carbocycles. The van der Waals surface area contributed by atoms with Crippen LogP contribution in [0.15, 0.2) is 121 Å². The highest BCUT2D eigenvalue weighted by atomic mass is 32.2. The standard InChI is InChI=1S/C26H24PS/c1-5-13-23(14-6-1)21-28-22-27(24-15-7-2-8-16-24,25-17-9-3-10-18-25)26-19-11-4-12-20-26/h1-20H,21-22H2/q+1. The van der Waals surface area contributed by atoms with Gasteiger partial charge >= 0.3 is 0 Å². The first-order valence-corrected chi connectivity index (χ1v) is 12.7. The zero-order valence-electron chi connectivity index (χ0n) is 15.8. The van der Waals surface area contributed by atoms with Gasteiger partial charge in [0.15, 0.2) is 0 Å². The van der Waals surface area contributed by atoms with Crippen LogP contribution in [-0.4, -0.2) is 5.49 Å². The van der Waals surface area contributed by atoms with Gasteiger partial charge in [-0.15, -0.1) is 11.8 Å². The van der Waals surface area contributed by atoms with Crippen LogP contribution in [0.5, 0.6) is 0 Å². The lowest BCUT2D eigenvalue weighted by Gasteiger charge is -2.27. The monoisotopic (exact) mass is 399 g/mol. The number of benzene rings is 4. The molecule has 138 valence electrons. The largest absolute Gasteiger partial charge is 0.122 e. The van der Waals surface area contributed by atoms with E-state index in [0.29, 0.717) is 0 Å². The third-order valence-corrected chi connectivity index (χ3v) is 11.3. The van der Waals surface area contributed by atoms with Crippen molar-refractivity contribution in [1.82, 2.24) is 0 Å². The van der Waals surface area contributed by atoms with Crippen LogP contribution in [0.25, 0.3) is 0 Å². The maximum absolute atomic E-state index is 2.32. The number of rotatable bonds is 7. The van der Waals surface area contributed by atoms with Gasteiger partial charge in [0.25, 0.3) is 0 Å². The lowest BCUT2D eigenvalue weighted by Crippen LogP contribution is -2.32. The molecule has 0 atom stereocenters. The van der Waals surface area contributed by atoms with Crippen LogP contribution >= 0.6 is 19.0 Å². The van der Waals surface area contributed by atoms with Crippen LogP contribution in [-0.2, 0) is 5.75 Å². The average molecular weight is 400 g/mol. The molecule has 0 radical (unpaired) electrons. The Balaban J connectivity index is 1.79. The van der Waals surface area contributed by atoms with Crippen molar-refractivity contribution in [2.45, 2.75) is 5.75 Å². The first-order valence-electron chi connectivity index (χ1n) is 9.56. The summed E-state index contributed by atoms with van der Waals surface area (Å²) in [5.74, 6) is 1.04. The van der Waals surface area contributed by atoms with Gasteiger partial charge < -0.3 is 0 Å². The van der Waals surface area contributed by atoms with E-state index in [-0.39, 0.29) is 0 Å². The fraction of sp³-hybridized carbons (Fsp3) is 0.0769. The second-order valence-electron chi connectivity index (χ2n) is 6.78. The van der Waals surface area contributed by atoms with Gasteiger partial charge in [0.05, 0.1) is 0 Å². The Kier molecular flexibility index (Phi) is 6.27. The summed E-state index contributed by atoms with van der Waals surface area (Å²) in [6, 6.07) is 44.1. The summed E-state index contributed by atoms with van der Waals surface area (Å²) < 4.78 is 0. The Morgan fingerprint density at radius 1 is 0.464 bits per heavy atom. The summed E-state index contributed by atoms with van der Waals surface area (Å²) in [6.07, 6.45) is 0. The Hall–Kier alpha value is -2.34. The molecular formula is C26H24PS+. The second kappa shape index (κ2) is 9.24. The maximum Gasteiger partial charge on any atom is 0.122 e. The SMILES string of the molecule is c1ccc(CSC[P+](c2ccccc2)(c2ccccc2)c2ccccc2)cc1. The van der Waals surface area contributed by atoms with Crippen molar-refractivity contribution in [2.24, 2.45) is 0 Å². The molecule has 0 aromatic heterocycles. The zero-order valence-corrected chi connectivity index (χ0v) is 17.5. The van der Waals surface area contributed by atoms with Gasteiger partial charge in [0, 0.05) is 5.75 Å². The van der Waals surface area contributed by atoms with Crippen LogP contribution < -0.4 is 15.9 Å². The summed E-state index contributed by atoms with van der Waals surface area (Å²) in [6.45, 7) is 0. The summed E-state index contributed by atoms with van der Waals surface area (Å²) in [4.78, 5) is 0. The van der Waals surface area contributed by atoms with Crippen LogP contribution in [0.1, 0.15) is 5.56 Å². The van der Waals surface area contributed by atoms with E-state index in [0.717, 1.165) is 11.2 Å². The van der Waals surface area contributed by atoms with E-state index >= 15 is 0 Å². The van der Waals surface area contributed by atoms with Crippen LogP contribution in [0, 0.1) is 0 Å². The Morgan fingerprint density at radius 3 is 1.21 bits per heavy atom. The topological polar surface area (TPSA) is 0 Å². The normalized spacial score (nSPS) is 11.3. The van der Waals surface area contributed by atoms with E-state index in [1.165, 1.54) is 21.5 Å². The lowest BCUT2D eigenvalue weighted by molar-refractivity contribution is 1.42. The number of thioether (sulfide) groups is 1. The molecule has 0 fully saturated rings. The number of hydrogen-bond donors (Lipinski definition) is 0. The van der Waals surface area contributed by atoms with E-state index in [4.69, 9.17) is 0 Å². The second-order valence-corrected chi connectivity index (χ2v) is 11.7. The molecule has 4 aromatic rings. The highest BCUT2D eigenvalue weighted by Gasteiger charge is 2.45. The molecule has 0 heterocycles. The van der Waals surface area contributed by atoms with Crippen LogP contribution in [0.3, 0.4) is 0 Å². The van der Waals surface area contributed by atoms with Crippen molar-refractivity contribution in [3.05, 3.63) is 127 Å².